The quantitative estimate of drug-likeness (QED) is 0.680. The van der Waals surface area contributed by atoms with Crippen LogP contribution in [0.15, 0.2) is 42.5 Å². The summed E-state index contributed by atoms with van der Waals surface area (Å²) in [4.78, 5) is 12.5. The monoisotopic (exact) mass is 407 g/mol. The van der Waals surface area contributed by atoms with Crippen LogP contribution in [0.5, 0.6) is 11.5 Å². The van der Waals surface area contributed by atoms with Crippen LogP contribution in [-0.2, 0) is 4.79 Å². The molecule has 4 nitrogen and oxygen atoms in total. The first-order valence-electron chi connectivity index (χ1n) is 9.11. The van der Waals surface area contributed by atoms with Crippen LogP contribution in [0.2, 0.25) is 10.0 Å². The van der Waals surface area contributed by atoms with Gasteiger partial charge in [0.05, 0.1) is 11.1 Å². The number of hydrogen-bond donors (Lipinski definition) is 1. The predicted molar refractivity (Wildman–Crippen MR) is 108 cm³/mol. The molecule has 2 aromatic rings. The lowest BCUT2D eigenvalue weighted by Gasteiger charge is -2.41. The molecule has 2 aromatic carbocycles. The number of fused-ring (bicyclic) bond motifs is 1. The Morgan fingerprint density at radius 1 is 1.22 bits per heavy atom. The van der Waals surface area contributed by atoms with Crippen LogP contribution in [0.4, 0.5) is 0 Å². The van der Waals surface area contributed by atoms with Crippen molar-refractivity contribution in [2.75, 3.05) is 6.61 Å². The lowest BCUT2D eigenvalue weighted by atomic mass is 9.83. The van der Waals surface area contributed by atoms with E-state index in [4.69, 9.17) is 32.7 Å². The fraction of sp³-hybridized carbons (Fsp3) is 0.381. The van der Waals surface area contributed by atoms with Gasteiger partial charge in [0.25, 0.3) is 5.91 Å². The highest BCUT2D eigenvalue weighted by molar-refractivity contribution is 6.35. The minimum absolute atomic E-state index is 0.119. The molecule has 1 aliphatic heterocycles. The topological polar surface area (TPSA) is 47.6 Å². The third kappa shape index (κ3) is 4.50. The molecule has 1 amide bonds. The SMILES string of the molecule is CCC1(CC)C[C@@H](NC(=O)COc2ccc(Cl)cc2Cl)c2ccccc2O1. The van der Waals surface area contributed by atoms with Gasteiger partial charge in [-0.2, -0.15) is 0 Å². The number of nitrogens with one attached hydrogen (secondary N) is 1. The number of amides is 1. The number of carbonyl (C=O) groups is 1. The second kappa shape index (κ2) is 8.41. The Kier molecular flexibility index (Phi) is 6.18. The van der Waals surface area contributed by atoms with E-state index in [0.29, 0.717) is 15.8 Å². The van der Waals surface area contributed by atoms with E-state index in [9.17, 15) is 4.79 Å². The fourth-order valence-electron chi connectivity index (χ4n) is 3.40. The Labute approximate surface area is 169 Å². The van der Waals surface area contributed by atoms with E-state index in [1.807, 2.05) is 24.3 Å². The third-order valence-electron chi connectivity index (χ3n) is 5.07. The summed E-state index contributed by atoms with van der Waals surface area (Å²) in [5.41, 5.74) is 0.722. The van der Waals surface area contributed by atoms with Gasteiger partial charge >= 0.3 is 0 Å². The number of para-hydroxylation sites is 1. The Morgan fingerprint density at radius 3 is 2.67 bits per heavy atom. The minimum atomic E-state index is -0.271. The van der Waals surface area contributed by atoms with Crippen molar-refractivity contribution in [3.05, 3.63) is 58.1 Å². The molecule has 1 aliphatic rings. The van der Waals surface area contributed by atoms with Gasteiger partial charge in [0, 0.05) is 17.0 Å². The van der Waals surface area contributed by atoms with Crippen molar-refractivity contribution in [1.29, 1.82) is 0 Å². The maximum absolute atomic E-state index is 12.5. The van der Waals surface area contributed by atoms with Gasteiger partial charge in [-0.15, -0.1) is 0 Å². The van der Waals surface area contributed by atoms with Crippen molar-refractivity contribution < 1.29 is 14.3 Å². The first-order chi connectivity index (χ1) is 13.0. The van der Waals surface area contributed by atoms with E-state index in [1.54, 1.807) is 18.2 Å². The standard InChI is InChI=1S/C21H23Cl2NO3/c1-3-21(4-2)12-17(15-7-5-6-8-18(15)27-21)24-20(25)13-26-19-10-9-14(22)11-16(19)23/h5-11,17H,3-4,12-13H2,1-2H3,(H,24,25)/t17-/m1/s1. The van der Waals surface area contributed by atoms with Crippen molar-refractivity contribution in [2.24, 2.45) is 0 Å². The molecule has 27 heavy (non-hydrogen) atoms. The van der Waals surface area contributed by atoms with Crippen molar-refractivity contribution in [2.45, 2.75) is 44.8 Å². The molecule has 0 bridgehead atoms. The van der Waals surface area contributed by atoms with Crippen LogP contribution in [0.3, 0.4) is 0 Å². The summed E-state index contributed by atoms with van der Waals surface area (Å²) in [5, 5.41) is 3.98. The number of hydrogen-bond acceptors (Lipinski definition) is 3. The number of ether oxygens (including phenoxy) is 2. The molecule has 3 rings (SSSR count). The summed E-state index contributed by atoms with van der Waals surface area (Å²) in [7, 11) is 0. The molecule has 0 radical (unpaired) electrons. The van der Waals surface area contributed by atoms with Crippen molar-refractivity contribution in [1.82, 2.24) is 5.32 Å². The molecule has 0 aromatic heterocycles. The first-order valence-corrected chi connectivity index (χ1v) is 9.87. The highest BCUT2D eigenvalue weighted by Gasteiger charge is 2.38. The zero-order valence-corrected chi connectivity index (χ0v) is 16.9. The van der Waals surface area contributed by atoms with Gasteiger partial charge in [0.1, 0.15) is 17.1 Å². The van der Waals surface area contributed by atoms with E-state index in [1.165, 1.54) is 0 Å². The summed E-state index contributed by atoms with van der Waals surface area (Å²) in [6, 6.07) is 12.6. The summed E-state index contributed by atoms with van der Waals surface area (Å²) in [6.07, 6.45) is 2.48. The average molecular weight is 408 g/mol. The summed E-state index contributed by atoms with van der Waals surface area (Å²) < 4.78 is 11.8. The van der Waals surface area contributed by atoms with Gasteiger partial charge in [0.2, 0.25) is 0 Å². The zero-order valence-electron chi connectivity index (χ0n) is 15.4. The van der Waals surface area contributed by atoms with Gasteiger partial charge in [-0.05, 0) is 37.1 Å². The molecule has 0 saturated heterocycles. The molecule has 1 heterocycles. The molecule has 0 saturated carbocycles. The van der Waals surface area contributed by atoms with Crippen LogP contribution in [-0.4, -0.2) is 18.1 Å². The fourth-order valence-corrected chi connectivity index (χ4v) is 3.86. The van der Waals surface area contributed by atoms with Gasteiger partial charge in [-0.25, -0.2) is 0 Å². The molecular formula is C21H23Cl2NO3. The highest BCUT2D eigenvalue weighted by Crippen LogP contribution is 2.42. The molecule has 144 valence electrons. The second-order valence-electron chi connectivity index (χ2n) is 6.72. The van der Waals surface area contributed by atoms with E-state index in [-0.39, 0.29) is 24.2 Å². The van der Waals surface area contributed by atoms with E-state index >= 15 is 0 Å². The van der Waals surface area contributed by atoms with E-state index < -0.39 is 0 Å². The lowest BCUT2D eigenvalue weighted by Crippen LogP contribution is -2.45. The van der Waals surface area contributed by atoms with Crippen LogP contribution < -0.4 is 14.8 Å². The molecule has 1 atom stereocenters. The average Bonchev–Trinajstić information content (AvgIpc) is 2.67. The van der Waals surface area contributed by atoms with Crippen LogP contribution >= 0.6 is 23.2 Å². The first kappa shape index (κ1) is 19.8. The van der Waals surface area contributed by atoms with Crippen molar-refractivity contribution in [3.63, 3.8) is 0 Å². The second-order valence-corrected chi connectivity index (χ2v) is 7.56. The maximum atomic E-state index is 12.5. The Morgan fingerprint density at radius 2 is 1.96 bits per heavy atom. The Bertz CT molecular complexity index is 821. The van der Waals surface area contributed by atoms with E-state index in [2.05, 4.69) is 19.2 Å². The van der Waals surface area contributed by atoms with Gasteiger partial charge in [-0.3, -0.25) is 4.79 Å². The molecule has 0 fully saturated rings. The van der Waals surface area contributed by atoms with Crippen LogP contribution in [0.1, 0.15) is 44.7 Å². The summed E-state index contributed by atoms with van der Waals surface area (Å²) in [6.45, 7) is 4.11. The maximum Gasteiger partial charge on any atom is 0.258 e. The van der Waals surface area contributed by atoms with Crippen molar-refractivity contribution >= 4 is 29.1 Å². The molecular weight excluding hydrogens is 385 g/mol. The smallest absolute Gasteiger partial charge is 0.258 e. The lowest BCUT2D eigenvalue weighted by molar-refractivity contribution is -0.124. The summed E-state index contributed by atoms with van der Waals surface area (Å²) in [5.74, 6) is 1.06. The molecule has 1 N–H and O–H groups in total. The van der Waals surface area contributed by atoms with Gasteiger partial charge in [-0.1, -0.05) is 55.2 Å². The normalized spacial score (nSPS) is 17.6. The molecule has 0 aliphatic carbocycles. The largest absolute Gasteiger partial charge is 0.487 e. The van der Waals surface area contributed by atoms with Crippen LogP contribution in [0, 0.1) is 0 Å². The molecule has 0 unspecified atom stereocenters. The molecule has 6 heteroatoms. The highest BCUT2D eigenvalue weighted by atomic mass is 35.5. The third-order valence-corrected chi connectivity index (χ3v) is 5.60. The zero-order chi connectivity index (χ0) is 19.4. The number of rotatable bonds is 6. The minimum Gasteiger partial charge on any atom is -0.487 e. The Hall–Kier alpha value is -1.91. The van der Waals surface area contributed by atoms with E-state index in [0.717, 1.165) is 30.6 Å². The molecule has 0 spiro atoms. The number of halogens is 2. The predicted octanol–water partition coefficient (Wildman–Crippen LogP) is 5.57. The van der Waals surface area contributed by atoms with Crippen LogP contribution in [0.25, 0.3) is 0 Å². The summed E-state index contributed by atoms with van der Waals surface area (Å²) >= 11 is 12.0. The Balaban J connectivity index is 1.70. The number of benzene rings is 2. The van der Waals surface area contributed by atoms with Gasteiger partial charge < -0.3 is 14.8 Å². The van der Waals surface area contributed by atoms with Gasteiger partial charge in [0.15, 0.2) is 6.61 Å². The van der Waals surface area contributed by atoms with Crippen molar-refractivity contribution in [3.8, 4) is 11.5 Å². The number of carbonyl (C=O) groups excluding carboxylic acids is 1.